The van der Waals surface area contributed by atoms with Crippen LogP contribution in [0.4, 0.5) is 0 Å². The normalized spacial score (nSPS) is 13.1. The Morgan fingerprint density at radius 2 is 1.84 bits per heavy atom. The molecule has 5 heteroatoms. The molecule has 0 unspecified atom stereocenters. The van der Waals surface area contributed by atoms with Crippen LogP contribution in [0.15, 0.2) is 53.4 Å². The van der Waals surface area contributed by atoms with E-state index < -0.39 is 0 Å². The first-order valence-electron chi connectivity index (χ1n) is 8.64. The van der Waals surface area contributed by atoms with Gasteiger partial charge in [-0.05, 0) is 36.6 Å². The van der Waals surface area contributed by atoms with Crippen LogP contribution in [-0.4, -0.2) is 31.4 Å². The third kappa shape index (κ3) is 5.71. The lowest BCUT2D eigenvalue weighted by atomic mass is 10.1. The van der Waals surface area contributed by atoms with Crippen molar-refractivity contribution in [2.24, 2.45) is 0 Å². The van der Waals surface area contributed by atoms with Crippen molar-refractivity contribution in [3.8, 4) is 11.5 Å². The Balaban J connectivity index is 1.38. The van der Waals surface area contributed by atoms with Gasteiger partial charge in [-0.15, -0.1) is 11.8 Å². The van der Waals surface area contributed by atoms with Crippen molar-refractivity contribution in [3.63, 3.8) is 0 Å². The maximum absolute atomic E-state index is 12.0. The van der Waals surface area contributed by atoms with Gasteiger partial charge in [0.2, 0.25) is 5.91 Å². The van der Waals surface area contributed by atoms with Crippen molar-refractivity contribution in [1.82, 2.24) is 5.32 Å². The van der Waals surface area contributed by atoms with Crippen molar-refractivity contribution >= 4 is 17.7 Å². The van der Waals surface area contributed by atoms with Crippen LogP contribution in [0.1, 0.15) is 18.4 Å². The minimum absolute atomic E-state index is 0.0603. The molecule has 25 heavy (non-hydrogen) atoms. The summed E-state index contributed by atoms with van der Waals surface area (Å²) in [6.07, 6.45) is 2.82. The molecule has 3 rings (SSSR count). The number of nitrogens with one attached hydrogen (secondary N) is 1. The third-order valence-electron chi connectivity index (χ3n) is 3.90. The van der Waals surface area contributed by atoms with Gasteiger partial charge in [0.05, 0.1) is 19.0 Å². The predicted octanol–water partition coefficient (Wildman–Crippen LogP) is 3.69. The molecule has 2 aromatic carbocycles. The molecule has 1 amide bonds. The zero-order valence-corrected chi connectivity index (χ0v) is 15.0. The van der Waals surface area contributed by atoms with E-state index in [1.807, 2.05) is 36.4 Å². The first-order chi connectivity index (χ1) is 12.3. The Morgan fingerprint density at radius 1 is 1.04 bits per heavy atom. The number of amides is 1. The summed E-state index contributed by atoms with van der Waals surface area (Å²) in [4.78, 5) is 13.0. The number of fused-ring (bicyclic) bond motifs is 1. The number of thioether (sulfide) groups is 1. The van der Waals surface area contributed by atoms with E-state index in [-0.39, 0.29) is 5.91 Å². The van der Waals surface area contributed by atoms with Crippen LogP contribution in [-0.2, 0) is 11.2 Å². The van der Waals surface area contributed by atoms with Crippen LogP contribution in [0.25, 0.3) is 0 Å². The first kappa shape index (κ1) is 17.7. The molecule has 1 aliphatic heterocycles. The molecule has 0 spiro atoms. The van der Waals surface area contributed by atoms with Crippen LogP contribution < -0.4 is 14.8 Å². The van der Waals surface area contributed by atoms with Gasteiger partial charge >= 0.3 is 0 Å². The molecule has 1 aliphatic rings. The summed E-state index contributed by atoms with van der Waals surface area (Å²) in [5.74, 6) is 2.02. The SMILES string of the molecule is O=C(CSc1ccc2c(c1)OCCCO2)NCCCc1ccccc1. The maximum Gasteiger partial charge on any atom is 0.230 e. The third-order valence-corrected chi connectivity index (χ3v) is 4.89. The minimum atomic E-state index is 0.0603. The molecule has 2 aromatic rings. The molecule has 0 fully saturated rings. The van der Waals surface area contributed by atoms with E-state index in [2.05, 4.69) is 17.4 Å². The zero-order chi connectivity index (χ0) is 17.3. The van der Waals surface area contributed by atoms with Gasteiger partial charge in [-0.2, -0.15) is 0 Å². The van der Waals surface area contributed by atoms with E-state index in [1.165, 1.54) is 17.3 Å². The Bertz CT molecular complexity index is 691. The number of carbonyl (C=O) groups excluding carboxylic acids is 1. The van der Waals surface area contributed by atoms with Crippen LogP contribution in [0.3, 0.4) is 0 Å². The molecule has 0 bridgehead atoms. The standard InChI is InChI=1S/C20H23NO3S/c22-20(21-11-4-8-16-6-2-1-3-7-16)15-25-17-9-10-18-19(14-17)24-13-5-12-23-18/h1-3,6-7,9-10,14H,4-5,8,11-13,15H2,(H,21,22). The Labute approximate surface area is 152 Å². The second-order valence-corrected chi connectivity index (χ2v) is 6.94. The van der Waals surface area contributed by atoms with Gasteiger partial charge < -0.3 is 14.8 Å². The quantitative estimate of drug-likeness (QED) is 0.606. The molecule has 1 heterocycles. The van der Waals surface area contributed by atoms with Gasteiger partial charge in [-0.25, -0.2) is 0 Å². The molecule has 0 atom stereocenters. The van der Waals surface area contributed by atoms with E-state index in [0.29, 0.717) is 25.5 Å². The van der Waals surface area contributed by atoms with Gasteiger partial charge in [-0.1, -0.05) is 30.3 Å². The number of carbonyl (C=O) groups is 1. The highest BCUT2D eigenvalue weighted by Gasteiger charge is 2.11. The average Bonchev–Trinajstić information content (AvgIpc) is 2.89. The highest BCUT2D eigenvalue weighted by molar-refractivity contribution is 8.00. The molecule has 132 valence electrons. The zero-order valence-electron chi connectivity index (χ0n) is 14.2. The van der Waals surface area contributed by atoms with E-state index in [0.717, 1.165) is 35.7 Å². The fraction of sp³-hybridized carbons (Fsp3) is 0.350. The monoisotopic (exact) mass is 357 g/mol. The summed E-state index contributed by atoms with van der Waals surface area (Å²) in [7, 11) is 0. The summed E-state index contributed by atoms with van der Waals surface area (Å²) in [6.45, 7) is 2.06. The average molecular weight is 357 g/mol. The first-order valence-corrected chi connectivity index (χ1v) is 9.63. The van der Waals surface area contributed by atoms with Crippen LogP contribution in [0.2, 0.25) is 0 Å². The fourth-order valence-electron chi connectivity index (χ4n) is 2.60. The number of hydrogen-bond acceptors (Lipinski definition) is 4. The fourth-order valence-corrected chi connectivity index (χ4v) is 3.35. The summed E-state index contributed by atoms with van der Waals surface area (Å²) >= 11 is 1.51. The molecule has 4 nitrogen and oxygen atoms in total. The van der Waals surface area contributed by atoms with E-state index >= 15 is 0 Å². The van der Waals surface area contributed by atoms with Crippen molar-refractivity contribution in [2.45, 2.75) is 24.2 Å². The number of benzene rings is 2. The Hall–Kier alpha value is -2.14. The highest BCUT2D eigenvalue weighted by Crippen LogP contribution is 2.33. The molecular formula is C20H23NO3S. The maximum atomic E-state index is 12.0. The van der Waals surface area contributed by atoms with E-state index in [9.17, 15) is 4.79 Å². The summed E-state index contributed by atoms with van der Waals surface area (Å²) in [5.41, 5.74) is 1.30. The van der Waals surface area contributed by atoms with Crippen LogP contribution >= 0.6 is 11.8 Å². The van der Waals surface area contributed by atoms with Crippen molar-refractivity contribution in [2.75, 3.05) is 25.5 Å². The number of hydrogen-bond donors (Lipinski definition) is 1. The second kappa shape index (κ2) is 9.37. The molecule has 0 aliphatic carbocycles. The van der Waals surface area contributed by atoms with Gasteiger partial charge in [0.1, 0.15) is 0 Å². The van der Waals surface area contributed by atoms with E-state index in [4.69, 9.17) is 9.47 Å². The molecular weight excluding hydrogens is 334 g/mol. The summed E-state index contributed by atoms with van der Waals surface area (Å²) < 4.78 is 11.3. The van der Waals surface area contributed by atoms with Gasteiger partial charge in [0.15, 0.2) is 11.5 Å². The van der Waals surface area contributed by atoms with Gasteiger partial charge in [-0.3, -0.25) is 4.79 Å². The predicted molar refractivity (Wildman–Crippen MR) is 101 cm³/mol. The summed E-state index contributed by atoms with van der Waals surface area (Å²) in [6, 6.07) is 16.2. The lowest BCUT2D eigenvalue weighted by Gasteiger charge is -2.09. The van der Waals surface area contributed by atoms with E-state index in [1.54, 1.807) is 0 Å². The largest absolute Gasteiger partial charge is 0.490 e. The number of ether oxygens (including phenoxy) is 2. The molecule has 0 radical (unpaired) electrons. The smallest absolute Gasteiger partial charge is 0.230 e. The molecule has 0 saturated carbocycles. The minimum Gasteiger partial charge on any atom is -0.490 e. The van der Waals surface area contributed by atoms with Gasteiger partial charge in [0, 0.05) is 17.9 Å². The topological polar surface area (TPSA) is 47.6 Å². The van der Waals surface area contributed by atoms with Gasteiger partial charge in [0.25, 0.3) is 0 Å². The van der Waals surface area contributed by atoms with Crippen molar-refractivity contribution < 1.29 is 14.3 Å². The molecule has 1 N–H and O–H groups in total. The lowest BCUT2D eigenvalue weighted by Crippen LogP contribution is -2.26. The van der Waals surface area contributed by atoms with Crippen LogP contribution in [0.5, 0.6) is 11.5 Å². The Kier molecular flexibility index (Phi) is 6.63. The van der Waals surface area contributed by atoms with Crippen molar-refractivity contribution in [1.29, 1.82) is 0 Å². The van der Waals surface area contributed by atoms with Crippen LogP contribution in [0, 0.1) is 0 Å². The number of aryl methyl sites for hydroxylation is 1. The highest BCUT2D eigenvalue weighted by atomic mass is 32.2. The summed E-state index contributed by atoms with van der Waals surface area (Å²) in [5, 5.41) is 2.98. The lowest BCUT2D eigenvalue weighted by molar-refractivity contribution is -0.118. The molecule has 0 aromatic heterocycles. The number of rotatable bonds is 7. The second-order valence-electron chi connectivity index (χ2n) is 5.89. The Morgan fingerprint density at radius 3 is 2.68 bits per heavy atom. The van der Waals surface area contributed by atoms with Crippen molar-refractivity contribution in [3.05, 3.63) is 54.1 Å². The molecule has 0 saturated heterocycles.